The Morgan fingerprint density at radius 2 is 0.738 bits per heavy atom. The van der Waals surface area contributed by atoms with E-state index in [4.69, 9.17) is 19.4 Å². The highest BCUT2D eigenvalue weighted by Crippen LogP contribution is 2.49. The van der Waals surface area contributed by atoms with Crippen LogP contribution < -0.4 is 0 Å². The number of hydrogen-bond donors (Lipinski definition) is 0. The largest absolute Gasteiger partial charge is 0.455 e. The molecule has 0 fully saturated rings. The van der Waals surface area contributed by atoms with E-state index >= 15 is 0 Å². The normalized spacial score (nSPS) is 11.3. The lowest BCUT2D eigenvalue weighted by molar-refractivity contribution is 0.669. The number of para-hydroxylation sites is 2. The number of aromatic nitrogens is 3. The van der Waals surface area contributed by atoms with Crippen molar-refractivity contribution in [2.45, 2.75) is 0 Å². The maximum atomic E-state index is 6.53. The topological polar surface area (TPSA) is 51.8 Å². The third-order valence-corrected chi connectivity index (χ3v) is 11.3. The number of furan rings is 1. The van der Waals surface area contributed by atoms with Crippen molar-refractivity contribution in [1.29, 1.82) is 0 Å². The van der Waals surface area contributed by atoms with Gasteiger partial charge in [-0.25, -0.2) is 15.0 Å². The number of hydrogen-bond acceptors (Lipinski definition) is 4. The van der Waals surface area contributed by atoms with Gasteiger partial charge in [0.05, 0.1) is 28.3 Å². The van der Waals surface area contributed by atoms with Gasteiger partial charge in [0.1, 0.15) is 11.2 Å². The fraction of sp³-hybridized carbons (Fsp3) is 0. The Bertz CT molecular complexity index is 3230. The molecule has 0 unspecified atom stereocenters. The van der Waals surface area contributed by atoms with Crippen molar-refractivity contribution < 1.29 is 4.42 Å². The molecule has 0 bridgehead atoms. The zero-order chi connectivity index (χ0) is 40.5. The summed E-state index contributed by atoms with van der Waals surface area (Å²) < 4.78 is 6.53. The lowest BCUT2D eigenvalue weighted by Gasteiger charge is -2.23. The van der Waals surface area contributed by atoms with Gasteiger partial charge in [-0.3, -0.25) is 0 Å². The van der Waals surface area contributed by atoms with Crippen LogP contribution in [-0.4, -0.2) is 15.0 Å². The second-order valence-corrected chi connectivity index (χ2v) is 15.1. The van der Waals surface area contributed by atoms with E-state index < -0.39 is 0 Å². The Kier molecular flexibility index (Phi) is 9.14. The summed E-state index contributed by atoms with van der Waals surface area (Å²) in [5.74, 6) is 0.600. The summed E-state index contributed by atoms with van der Waals surface area (Å²) in [5.41, 5.74) is 16.4. The van der Waals surface area contributed by atoms with E-state index in [2.05, 4.69) is 188 Å². The van der Waals surface area contributed by atoms with Gasteiger partial charge in [0, 0.05) is 49.7 Å². The fourth-order valence-electron chi connectivity index (χ4n) is 8.49. The molecule has 3 heterocycles. The van der Waals surface area contributed by atoms with Crippen molar-refractivity contribution in [2.75, 3.05) is 0 Å². The molecule has 11 rings (SSSR count). The number of benzene rings is 8. The van der Waals surface area contributed by atoms with Gasteiger partial charge >= 0.3 is 0 Å². The number of nitrogens with zero attached hydrogens (tertiary/aromatic N) is 3. The first-order valence-electron chi connectivity index (χ1n) is 20.5. The lowest BCUT2D eigenvalue weighted by atomic mass is 9.83. The van der Waals surface area contributed by atoms with Crippen LogP contribution in [0, 0.1) is 0 Å². The first-order chi connectivity index (χ1) is 30.3. The first kappa shape index (κ1) is 35.9. The lowest BCUT2D eigenvalue weighted by Crippen LogP contribution is -2.02. The zero-order valence-electron chi connectivity index (χ0n) is 33.1. The Hall–Kier alpha value is -8.21. The smallest absolute Gasteiger partial charge is 0.164 e. The summed E-state index contributed by atoms with van der Waals surface area (Å²) in [6.45, 7) is 0. The maximum absolute atomic E-state index is 6.53. The van der Waals surface area contributed by atoms with Crippen LogP contribution in [0.2, 0.25) is 0 Å². The molecule has 0 aliphatic heterocycles. The monoisotopic (exact) mass is 779 g/mol. The van der Waals surface area contributed by atoms with E-state index in [0.717, 1.165) is 106 Å². The van der Waals surface area contributed by atoms with Gasteiger partial charge in [0.15, 0.2) is 5.82 Å². The van der Waals surface area contributed by atoms with Crippen molar-refractivity contribution in [3.63, 3.8) is 0 Å². The molecule has 3 aromatic heterocycles. The summed E-state index contributed by atoms with van der Waals surface area (Å²) in [7, 11) is 0. The zero-order valence-corrected chi connectivity index (χ0v) is 33.1. The average molecular weight is 780 g/mol. The van der Waals surface area contributed by atoms with Crippen molar-refractivity contribution in [2.24, 2.45) is 0 Å². The molecule has 61 heavy (non-hydrogen) atoms. The molecule has 0 spiro atoms. The third-order valence-electron chi connectivity index (χ3n) is 11.3. The van der Waals surface area contributed by atoms with Crippen LogP contribution in [0.15, 0.2) is 229 Å². The molecule has 0 saturated heterocycles. The summed E-state index contributed by atoms with van der Waals surface area (Å²) >= 11 is 0. The van der Waals surface area contributed by atoms with E-state index in [0.29, 0.717) is 5.82 Å². The summed E-state index contributed by atoms with van der Waals surface area (Å²) in [6, 6.07) is 78.0. The van der Waals surface area contributed by atoms with Crippen LogP contribution in [0.25, 0.3) is 112 Å². The Morgan fingerprint density at radius 1 is 0.295 bits per heavy atom. The highest BCUT2D eigenvalue weighted by atomic mass is 16.3. The number of fused-ring (bicyclic) bond motifs is 3. The van der Waals surface area contributed by atoms with Crippen molar-refractivity contribution in [3.05, 3.63) is 224 Å². The molecule has 0 saturated carbocycles. The quantitative estimate of drug-likeness (QED) is 0.154. The first-order valence-corrected chi connectivity index (χ1v) is 20.5. The van der Waals surface area contributed by atoms with Crippen molar-refractivity contribution in [3.8, 4) is 89.8 Å². The average Bonchev–Trinajstić information content (AvgIpc) is 3.74. The van der Waals surface area contributed by atoms with Crippen LogP contribution in [0.5, 0.6) is 0 Å². The third kappa shape index (κ3) is 6.67. The van der Waals surface area contributed by atoms with Crippen LogP contribution in [0.4, 0.5) is 0 Å². The maximum Gasteiger partial charge on any atom is 0.164 e. The molecule has 4 heteroatoms. The van der Waals surface area contributed by atoms with Crippen LogP contribution in [0.1, 0.15) is 0 Å². The molecule has 4 nitrogen and oxygen atoms in total. The summed E-state index contributed by atoms with van der Waals surface area (Å²) in [5, 5.41) is 2.10. The molecular formula is C57H37N3O. The second-order valence-electron chi connectivity index (χ2n) is 15.1. The van der Waals surface area contributed by atoms with Gasteiger partial charge in [0.2, 0.25) is 0 Å². The van der Waals surface area contributed by atoms with Gasteiger partial charge in [-0.15, -0.1) is 0 Å². The summed E-state index contributed by atoms with van der Waals surface area (Å²) in [4.78, 5) is 16.2. The molecule has 0 atom stereocenters. The van der Waals surface area contributed by atoms with Crippen molar-refractivity contribution in [1.82, 2.24) is 15.0 Å². The van der Waals surface area contributed by atoms with Crippen LogP contribution in [-0.2, 0) is 0 Å². The van der Waals surface area contributed by atoms with E-state index in [1.54, 1.807) is 0 Å². The Balaban J connectivity index is 1.20. The summed E-state index contributed by atoms with van der Waals surface area (Å²) in [6.07, 6.45) is 0. The molecule has 0 N–H and O–H groups in total. The van der Waals surface area contributed by atoms with Gasteiger partial charge in [0.25, 0.3) is 0 Å². The van der Waals surface area contributed by atoms with E-state index in [-0.39, 0.29) is 0 Å². The number of rotatable bonds is 8. The molecule has 0 radical (unpaired) electrons. The fourth-order valence-corrected chi connectivity index (χ4v) is 8.49. The van der Waals surface area contributed by atoms with E-state index in [1.807, 2.05) is 36.4 Å². The van der Waals surface area contributed by atoms with Gasteiger partial charge in [-0.2, -0.15) is 0 Å². The van der Waals surface area contributed by atoms with Crippen molar-refractivity contribution >= 4 is 21.9 Å². The van der Waals surface area contributed by atoms with Crippen LogP contribution in [0.3, 0.4) is 0 Å². The predicted molar refractivity (Wildman–Crippen MR) is 251 cm³/mol. The molecule has 8 aromatic carbocycles. The predicted octanol–water partition coefficient (Wildman–Crippen LogP) is 15.1. The second kappa shape index (κ2) is 15.5. The molecular weight excluding hydrogens is 743 g/mol. The minimum Gasteiger partial charge on any atom is -0.455 e. The number of pyridine rings is 1. The van der Waals surface area contributed by atoms with E-state index in [9.17, 15) is 0 Å². The van der Waals surface area contributed by atoms with Crippen LogP contribution >= 0.6 is 0 Å². The highest BCUT2D eigenvalue weighted by Gasteiger charge is 2.26. The Labute approximate surface area is 354 Å². The van der Waals surface area contributed by atoms with E-state index in [1.165, 1.54) is 0 Å². The van der Waals surface area contributed by atoms with Gasteiger partial charge in [-0.05, 0) is 41.0 Å². The SMILES string of the molecule is c1ccc(-c2cc(-c3cccc(-c4c(-c5ccccc5)c(-c5ccccc5)nc(-c5ccccc5)c4-c4ccccc4)c3)nc(-c3cccc4c3oc3ccccc34)n2)cc1. The Morgan fingerprint density at radius 3 is 1.33 bits per heavy atom. The van der Waals surface area contributed by atoms with Gasteiger partial charge < -0.3 is 4.42 Å². The van der Waals surface area contributed by atoms with Gasteiger partial charge in [-0.1, -0.05) is 200 Å². The minimum atomic E-state index is 0.600. The minimum absolute atomic E-state index is 0.600. The molecule has 286 valence electrons. The molecule has 0 aliphatic rings. The standard InChI is InChI=1S/C57H37N3O/c1-6-20-38(21-7-1)48-37-49(59-57(58-48)47-34-19-33-46-45-32-16-17-35-50(45)61-56(46)47)43-30-18-31-44(36-43)51-52(39-22-8-2-9-23-39)54(41-26-12-4-13-27-41)60-55(42-28-14-5-15-29-42)53(51)40-24-10-3-11-25-40/h1-37H. The molecule has 11 aromatic rings. The molecule has 0 aliphatic carbocycles. The molecule has 0 amide bonds. The highest BCUT2D eigenvalue weighted by molar-refractivity contribution is 6.09.